The summed E-state index contributed by atoms with van der Waals surface area (Å²) in [6, 6.07) is 10.3. The third-order valence-corrected chi connectivity index (χ3v) is 4.26. The highest BCUT2D eigenvalue weighted by molar-refractivity contribution is 5.81. The molecule has 0 spiro atoms. The number of nitrogens with one attached hydrogen (secondary N) is 3. The second-order valence-corrected chi connectivity index (χ2v) is 6.61. The molecule has 138 valence electrons. The largest absolute Gasteiger partial charge is 0.383 e. The van der Waals surface area contributed by atoms with E-state index in [0.29, 0.717) is 19.0 Å². The molecule has 3 rings (SSSR count). The van der Waals surface area contributed by atoms with Crippen molar-refractivity contribution in [3.05, 3.63) is 54.0 Å². The fourth-order valence-electron chi connectivity index (χ4n) is 2.78. The maximum absolute atomic E-state index is 10.7. The zero-order valence-corrected chi connectivity index (χ0v) is 15.5. The third-order valence-electron chi connectivity index (χ3n) is 4.26. The number of aromatic amines is 1. The van der Waals surface area contributed by atoms with Crippen molar-refractivity contribution in [3.8, 4) is 0 Å². The van der Waals surface area contributed by atoms with E-state index in [4.69, 9.17) is 0 Å². The lowest BCUT2D eigenvalue weighted by Gasteiger charge is -2.23. The summed E-state index contributed by atoms with van der Waals surface area (Å²) in [7, 11) is 1.83. The first kappa shape index (κ1) is 18.0. The molecule has 0 fully saturated rings. The monoisotopic (exact) mass is 354 g/mol. The van der Waals surface area contributed by atoms with E-state index in [-0.39, 0.29) is 0 Å². The number of aliphatic hydroxyl groups is 1. The van der Waals surface area contributed by atoms with Crippen LogP contribution in [0, 0.1) is 0 Å². The molecule has 7 heteroatoms. The predicted molar refractivity (Wildman–Crippen MR) is 104 cm³/mol. The van der Waals surface area contributed by atoms with Gasteiger partial charge in [-0.3, -0.25) is 4.68 Å². The highest BCUT2D eigenvalue weighted by Crippen LogP contribution is 2.18. The fraction of sp³-hybridized carbons (Fsp3) is 0.368. The number of H-pyrrole nitrogens is 1. The van der Waals surface area contributed by atoms with Gasteiger partial charge in [0.25, 0.3) is 0 Å². The van der Waals surface area contributed by atoms with Gasteiger partial charge in [-0.2, -0.15) is 5.10 Å². The summed E-state index contributed by atoms with van der Waals surface area (Å²) in [6.45, 7) is 5.38. The van der Waals surface area contributed by atoms with Crippen LogP contribution in [0.5, 0.6) is 0 Å². The number of guanidine groups is 1. The molecule has 1 aromatic carbocycles. The van der Waals surface area contributed by atoms with Crippen LogP contribution in [-0.2, 0) is 19.2 Å². The lowest BCUT2D eigenvalue weighted by molar-refractivity contribution is 0.0616. The van der Waals surface area contributed by atoms with E-state index in [0.717, 1.165) is 23.3 Å². The lowest BCUT2D eigenvalue weighted by Crippen LogP contribution is -2.44. The van der Waals surface area contributed by atoms with E-state index in [1.165, 1.54) is 5.39 Å². The number of hydrogen-bond donors (Lipinski definition) is 4. The van der Waals surface area contributed by atoms with Gasteiger partial charge in [-0.25, -0.2) is 4.99 Å². The van der Waals surface area contributed by atoms with Gasteiger partial charge in [0.2, 0.25) is 0 Å². The summed E-state index contributed by atoms with van der Waals surface area (Å²) >= 11 is 0. The van der Waals surface area contributed by atoms with Crippen LogP contribution >= 0.6 is 0 Å². The van der Waals surface area contributed by atoms with Crippen molar-refractivity contribution in [2.45, 2.75) is 26.0 Å². The number of benzene rings is 1. The van der Waals surface area contributed by atoms with Gasteiger partial charge in [-0.1, -0.05) is 18.2 Å². The normalized spacial score (nSPS) is 14.4. The highest BCUT2D eigenvalue weighted by atomic mass is 16.3. The third kappa shape index (κ3) is 4.23. The molecule has 0 aliphatic heterocycles. The number of hydrogen-bond acceptors (Lipinski definition) is 3. The Bertz CT molecular complexity index is 859. The van der Waals surface area contributed by atoms with Crippen molar-refractivity contribution >= 4 is 16.9 Å². The molecule has 0 amide bonds. The summed E-state index contributed by atoms with van der Waals surface area (Å²) in [5.41, 5.74) is 1.88. The Morgan fingerprint density at radius 3 is 2.85 bits per heavy atom. The standard InChI is InChI=1S/C19H26N6O/c1-4-20-18(22-13-19(2,26)15-10-23-25(3)12-15)21-11-16-9-14-7-5-6-8-17(14)24-16/h5-10,12,24,26H,4,11,13H2,1-3H3,(H2,20,21,22). The Hall–Kier alpha value is -2.80. The van der Waals surface area contributed by atoms with Gasteiger partial charge in [0, 0.05) is 36.6 Å². The van der Waals surface area contributed by atoms with Crippen molar-refractivity contribution in [1.29, 1.82) is 0 Å². The van der Waals surface area contributed by atoms with E-state index in [9.17, 15) is 5.11 Å². The molecule has 0 aliphatic carbocycles. The molecule has 3 aromatic rings. The van der Waals surface area contributed by atoms with Crippen molar-refractivity contribution < 1.29 is 5.11 Å². The van der Waals surface area contributed by atoms with Gasteiger partial charge in [-0.05, 0) is 31.4 Å². The van der Waals surface area contributed by atoms with Crippen molar-refractivity contribution in [2.75, 3.05) is 13.1 Å². The first-order valence-corrected chi connectivity index (χ1v) is 8.78. The van der Waals surface area contributed by atoms with Crippen LogP contribution in [0.1, 0.15) is 25.1 Å². The molecule has 1 atom stereocenters. The van der Waals surface area contributed by atoms with Gasteiger partial charge in [0.1, 0.15) is 5.60 Å². The molecule has 4 N–H and O–H groups in total. The molecule has 0 bridgehead atoms. The van der Waals surface area contributed by atoms with Gasteiger partial charge >= 0.3 is 0 Å². The molecule has 0 saturated heterocycles. The Labute approximate surface area is 153 Å². The minimum atomic E-state index is -1.04. The molecule has 0 saturated carbocycles. The smallest absolute Gasteiger partial charge is 0.191 e. The number of aromatic nitrogens is 3. The van der Waals surface area contributed by atoms with E-state index in [1.807, 2.05) is 32.3 Å². The molecule has 2 heterocycles. The number of rotatable bonds is 6. The molecule has 26 heavy (non-hydrogen) atoms. The van der Waals surface area contributed by atoms with E-state index >= 15 is 0 Å². The Balaban J connectivity index is 1.67. The Kier molecular flexibility index (Phi) is 5.27. The summed E-state index contributed by atoms with van der Waals surface area (Å²) in [5.74, 6) is 0.662. The second kappa shape index (κ2) is 7.61. The predicted octanol–water partition coefficient (Wildman–Crippen LogP) is 1.86. The van der Waals surface area contributed by atoms with Gasteiger partial charge in [0.05, 0.1) is 19.3 Å². The lowest BCUT2D eigenvalue weighted by atomic mass is 10.00. The number of fused-ring (bicyclic) bond motifs is 1. The molecule has 7 nitrogen and oxygen atoms in total. The van der Waals surface area contributed by atoms with Gasteiger partial charge < -0.3 is 20.7 Å². The molecule has 0 radical (unpaired) electrons. The number of para-hydroxylation sites is 1. The van der Waals surface area contributed by atoms with Gasteiger partial charge in [0.15, 0.2) is 5.96 Å². The van der Waals surface area contributed by atoms with Crippen LogP contribution in [0.25, 0.3) is 10.9 Å². The van der Waals surface area contributed by atoms with Crippen molar-refractivity contribution in [2.24, 2.45) is 12.0 Å². The average molecular weight is 354 g/mol. The maximum Gasteiger partial charge on any atom is 0.191 e. The molecule has 2 aromatic heterocycles. The number of aryl methyl sites for hydroxylation is 1. The first-order valence-electron chi connectivity index (χ1n) is 8.78. The zero-order chi connectivity index (χ0) is 18.6. The molecular weight excluding hydrogens is 328 g/mol. The Morgan fingerprint density at radius 1 is 1.35 bits per heavy atom. The fourth-order valence-corrected chi connectivity index (χ4v) is 2.78. The second-order valence-electron chi connectivity index (χ2n) is 6.61. The molecular formula is C19H26N6O. The van der Waals surface area contributed by atoms with Crippen LogP contribution in [0.4, 0.5) is 0 Å². The molecule has 1 unspecified atom stereocenters. The minimum absolute atomic E-state index is 0.331. The minimum Gasteiger partial charge on any atom is -0.383 e. The van der Waals surface area contributed by atoms with Crippen LogP contribution in [0.2, 0.25) is 0 Å². The van der Waals surface area contributed by atoms with E-state index in [2.05, 4.69) is 43.9 Å². The van der Waals surface area contributed by atoms with Crippen molar-refractivity contribution in [3.63, 3.8) is 0 Å². The topological polar surface area (TPSA) is 90.3 Å². The number of aliphatic imine (C=N–C) groups is 1. The summed E-state index contributed by atoms with van der Waals surface area (Å²) in [6.07, 6.45) is 3.49. The van der Waals surface area contributed by atoms with Crippen LogP contribution in [-0.4, -0.2) is 38.9 Å². The number of nitrogens with zero attached hydrogens (tertiary/aromatic N) is 3. The van der Waals surface area contributed by atoms with Crippen molar-refractivity contribution in [1.82, 2.24) is 25.4 Å². The Morgan fingerprint density at radius 2 is 2.15 bits per heavy atom. The maximum atomic E-state index is 10.7. The van der Waals surface area contributed by atoms with Gasteiger partial charge in [-0.15, -0.1) is 0 Å². The zero-order valence-electron chi connectivity index (χ0n) is 15.5. The van der Waals surface area contributed by atoms with Crippen LogP contribution in [0.15, 0.2) is 47.7 Å². The quantitative estimate of drug-likeness (QED) is 0.402. The average Bonchev–Trinajstić information content (AvgIpc) is 3.23. The summed E-state index contributed by atoms with van der Waals surface area (Å²) in [4.78, 5) is 7.98. The SMILES string of the molecule is CCNC(=NCc1cc2ccccc2[nH]1)NCC(C)(O)c1cnn(C)c1. The van der Waals surface area contributed by atoms with E-state index in [1.54, 1.807) is 17.8 Å². The summed E-state index contributed by atoms with van der Waals surface area (Å²) in [5, 5.41) is 22.4. The summed E-state index contributed by atoms with van der Waals surface area (Å²) < 4.78 is 1.68. The van der Waals surface area contributed by atoms with E-state index < -0.39 is 5.60 Å². The van der Waals surface area contributed by atoms with Crippen LogP contribution in [0.3, 0.4) is 0 Å². The molecule has 0 aliphatic rings. The highest BCUT2D eigenvalue weighted by Gasteiger charge is 2.24. The first-order chi connectivity index (χ1) is 12.5. The van der Waals surface area contributed by atoms with Crippen LogP contribution < -0.4 is 10.6 Å².